The van der Waals surface area contributed by atoms with Gasteiger partial charge in [-0.3, -0.25) is 9.59 Å². The number of benzene rings is 1. The predicted molar refractivity (Wildman–Crippen MR) is 99.0 cm³/mol. The van der Waals surface area contributed by atoms with Crippen LogP contribution in [0.25, 0.3) is 0 Å². The molecular formula is C20H23ClN2O3. The van der Waals surface area contributed by atoms with Crippen LogP contribution in [0, 0.1) is 5.92 Å². The van der Waals surface area contributed by atoms with Gasteiger partial charge in [-0.05, 0) is 56.5 Å². The minimum absolute atomic E-state index is 0.0479. The lowest BCUT2D eigenvalue weighted by atomic mass is 9.94. The highest BCUT2D eigenvalue weighted by Gasteiger charge is 2.46. The average molecular weight is 375 g/mol. The Morgan fingerprint density at radius 2 is 1.77 bits per heavy atom. The largest absolute Gasteiger partial charge is 0.503 e. The lowest BCUT2D eigenvalue weighted by Crippen LogP contribution is -2.38. The number of hydrogen-bond donors (Lipinski definition) is 1. The van der Waals surface area contributed by atoms with E-state index in [1.165, 1.54) is 12.8 Å². The van der Waals surface area contributed by atoms with E-state index in [9.17, 15) is 14.7 Å². The Kier molecular flexibility index (Phi) is 4.76. The molecule has 138 valence electrons. The summed E-state index contributed by atoms with van der Waals surface area (Å²) in [6.45, 7) is 3.34. The maximum atomic E-state index is 12.8. The van der Waals surface area contributed by atoms with Crippen molar-refractivity contribution in [2.24, 2.45) is 5.92 Å². The normalized spacial score (nSPS) is 24.0. The Labute approximate surface area is 158 Å². The number of Topliss-reactive ketones (excluding diaryl/α,β-unsaturated/α-hetero) is 1. The van der Waals surface area contributed by atoms with Gasteiger partial charge in [-0.1, -0.05) is 23.7 Å². The van der Waals surface area contributed by atoms with E-state index in [1.807, 2.05) is 12.1 Å². The van der Waals surface area contributed by atoms with Gasteiger partial charge in [0.2, 0.25) is 0 Å². The van der Waals surface area contributed by atoms with E-state index in [-0.39, 0.29) is 23.0 Å². The molecule has 0 aromatic heterocycles. The summed E-state index contributed by atoms with van der Waals surface area (Å²) in [6.07, 6.45) is 4.04. The molecule has 1 unspecified atom stereocenters. The minimum atomic E-state index is -0.518. The lowest BCUT2D eigenvalue weighted by Gasteiger charge is -2.28. The Hall–Kier alpha value is -1.85. The predicted octanol–water partition coefficient (Wildman–Crippen LogP) is 3.11. The van der Waals surface area contributed by atoms with Crippen molar-refractivity contribution in [1.29, 1.82) is 0 Å². The van der Waals surface area contributed by atoms with E-state index in [2.05, 4.69) is 4.90 Å². The minimum Gasteiger partial charge on any atom is -0.503 e. The van der Waals surface area contributed by atoms with Gasteiger partial charge in [-0.25, -0.2) is 0 Å². The molecule has 1 N–H and O–H groups in total. The monoisotopic (exact) mass is 374 g/mol. The second-order valence-corrected chi connectivity index (χ2v) is 7.84. The number of aliphatic hydroxyl groups excluding tert-OH is 1. The van der Waals surface area contributed by atoms with Crippen molar-refractivity contribution in [2.75, 3.05) is 26.2 Å². The number of carbonyl (C=O) groups excluding carboxylic acids is 2. The molecule has 2 aliphatic heterocycles. The summed E-state index contributed by atoms with van der Waals surface area (Å²) >= 11 is 6.00. The molecule has 0 spiro atoms. The van der Waals surface area contributed by atoms with E-state index in [1.54, 1.807) is 17.0 Å². The first-order valence-corrected chi connectivity index (χ1v) is 9.70. The number of amides is 1. The zero-order valence-corrected chi connectivity index (χ0v) is 15.4. The maximum absolute atomic E-state index is 12.8. The van der Waals surface area contributed by atoms with Crippen molar-refractivity contribution in [1.82, 2.24) is 9.80 Å². The molecule has 2 fully saturated rings. The number of ketones is 1. The van der Waals surface area contributed by atoms with Crippen LogP contribution in [-0.4, -0.2) is 52.8 Å². The van der Waals surface area contributed by atoms with Crippen LogP contribution in [0.1, 0.15) is 37.3 Å². The van der Waals surface area contributed by atoms with Crippen LogP contribution in [-0.2, 0) is 9.59 Å². The van der Waals surface area contributed by atoms with Gasteiger partial charge in [0.05, 0.1) is 11.6 Å². The molecule has 1 aliphatic carbocycles. The first-order valence-electron chi connectivity index (χ1n) is 9.32. The third-order valence-electron chi connectivity index (χ3n) is 5.56. The van der Waals surface area contributed by atoms with Crippen LogP contribution in [0.5, 0.6) is 0 Å². The van der Waals surface area contributed by atoms with Crippen molar-refractivity contribution < 1.29 is 14.7 Å². The first kappa shape index (κ1) is 17.6. The van der Waals surface area contributed by atoms with Crippen molar-refractivity contribution in [2.45, 2.75) is 31.7 Å². The molecule has 3 aliphatic rings. The van der Waals surface area contributed by atoms with Crippen molar-refractivity contribution in [3.63, 3.8) is 0 Å². The molecule has 2 heterocycles. The topological polar surface area (TPSA) is 60.9 Å². The zero-order valence-electron chi connectivity index (χ0n) is 14.7. The summed E-state index contributed by atoms with van der Waals surface area (Å²) in [5, 5.41) is 11.1. The molecule has 4 rings (SSSR count). The molecule has 6 heteroatoms. The van der Waals surface area contributed by atoms with E-state index in [0.29, 0.717) is 11.6 Å². The molecule has 1 amide bonds. The number of rotatable bonds is 6. The molecule has 0 radical (unpaired) electrons. The number of likely N-dealkylation sites (tertiary alicyclic amines) is 1. The van der Waals surface area contributed by atoms with Gasteiger partial charge in [0.15, 0.2) is 11.5 Å². The fourth-order valence-electron chi connectivity index (χ4n) is 3.95. The molecule has 1 aromatic carbocycles. The second-order valence-electron chi connectivity index (χ2n) is 7.40. The van der Waals surface area contributed by atoms with E-state index < -0.39 is 11.9 Å². The number of halogens is 1. The van der Waals surface area contributed by atoms with Crippen molar-refractivity contribution in [3.8, 4) is 0 Å². The zero-order chi connectivity index (χ0) is 18.3. The molecule has 1 aromatic rings. The van der Waals surface area contributed by atoms with Crippen molar-refractivity contribution >= 4 is 23.3 Å². The molecule has 1 saturated heterocycles. The fraction of sp³-hybridized carbons (Fsp3) is 0.500. The van der Waals surface area contributed by atoms with Crippen LogP contribution >= 0.6 is 11.6 Å². The third-order valence-corrected chi connectivity index (χ3v) is 5.81. The van der Waals surface area contributed by atoms with Gasteiger partial charge < -0.3 is 14.9 Å². The summed E-state index contributed by atoms with van der Waals surface area (Å²) in [7, 11) is 0. The maximum Gasteiger partial charge on any atom is 0.290 e. The lowest BCUT2D eigenvalue weighted by molar-refractivity contribution is -0.129. The quantitative estimate of drug-likeness (QED) is 0.831. The smallest absolute Gasteiger partial charge is 0.290 e. The first-order chi connectivity index (χ1) is 12.6. The second kappa shape index (κ2) is 7.05. The summed E-state index contributed by atoms with van der Waals surface area (Å²) < 4.78 is 0. The number of hydrogen-bond acceptors (Lipinski definition) is 4. The molecule has 0 bridgehead atoms. The van der Waals surface area contributed by atoms with Gasteiger partial charge >= 0.3 is 0 Å². The highest BCUT2D eigenvalue weighted by molar-refractivity contribution is 6.30. The highest BCUT2D eigenvalue weighted by atomic mass is 35.5. The molecule has 1 saturated carbocycles. The Balaban J connectivity index is 1.64. The van der Waals surface area contributed by atoms with E-state index in [4.69, 9.17) is 11.6 Å². The van der Waals surface area contributed by atoms with Gasteiger partial charge in [-0.2, -0.15) is 0 Å². The summed E-state index contributed by atoms with van der Waals surface area (Å²) in [5.41, 5.74) is 1.08. The Bertz CT molecular complexity index is 749. The standard InChI is InChI=1S/C20H23ClN2O3/c21-15-7-5-13(6-8-15)17-16(18(24)14-3-4-14)19(25)20(26)23(17)12-11-22-9-1-2-10-22/h5-8,14,17,25H,1-4,9-12H2. The Morgan fingerprint density at radius 3 is 2.38 bits per heavy atom. The summed E-state index contributed by atoms with van der Waals surface area (Å²) in [4.78, 5) is 29.5. The van der Waals surface area contributed by atoms with Gasteiger partial charge in [0, 0.05) is 24.0 Å². The fourth-order valence-corrected chi connectivity index (χ4v) is 4.07. The van der Waals surface area contributed by atoms with Gasteiger partial charge in [-0.15, -0.1) is 0 Å². The average Bonchev–Trinajstić information content (AvgIpc) is 3.30. The third kappa shape index (κ3) is 3.26. The van der Waals surface area contributed by atoms with Crippen LogP contribution in [0.4, 0.5) is 0 Å². The summed E-state index contributed by atoms with van der Waals surface area (Å²) in [6, 6.07) is 6.67. The summed E-state index contributed by atoms with van der Waals surface area (Å²) in [5.74, 6) is -0.941. The highest BCUT2D eigenvalue weighted by Crippen LogP contribution is 2.43. The Morgan fingerprint density at radius 1 is 1.12 bits per heavy atom. The van der Waals surface area contributed by atoms with Crippen molar-refractivity contribution in [3.05, 3.63) is 46.2 Å². The van der Waals surface area contributed by atoms with E-state index in [0.717, 1.165) is 38.0 Å². The number of nitrogens with zero attached hydrogens (tertiary/aromatic N) is 2. The van der Waals surface area contributed by atoms with Crippen LogP contribution < -0.4 is 0 Å². The molecule has 5 nitrogen and oxygen atoms in total. The van der Waals surface area contributed by atoms with Crippen LogP contribution in [0.2, 0.25) is 5.02 Å². The number of carbonyl (C=O) groups is 2. The molecule has 26 heavy (non-hydrogen) atoms. The SMILES string of the molecule is O=C(C1=C(O)C(=O)N(CCN2CCCC2)C1c1ccc(Cl)cc1)C1CC1. The van der Waals surface area contributed by atoms with Gasteiger partial charge in [0.25, 0.3) is 5.91 Å². The molecular weight excluding hydrogens is 352 g/mol. The van der Waals surface area contributed by atoms with Gasteiger partial charge in [0.1, 0.15) is 0 Å². The number of aliphatic hydroxyl groups is 1. The van der Waals surface area contributed by atoms with Crippen LogP contribution in [0.3, 0.4) is 0 Å². The molecule has 1 atom stereocenters. The van der Waals surface area contributed by atoms with Crippen LogP contribution in [0.15, 0.2) is 35.6 Å². The van der Waals surface area contributed by atoms with E-state index >= 15 is 0 Å².